The molecular formula is C21H27N5O. The third-order valence-corrected chi connectivity index (χ3v) is 4.29. The minimum absolute atomic E-state index is 0.610. The Labute approximate surface area is 160 Å². The zero-order valence-corrected chi connectivity index (χ0v) is 16.0. The average molecular weight is 365 g/mol. The first-order valence-corrected chi connectivity index (χ1v) is 9.35. The van der Waals surface area contributed by atoms with Crippen LogP contribution in [0.5, 0.6) is 5.75 Å². The van der Waals surface area contributed by atoms with Crippen molar-refractivity contribution in [3.63, 3.8) is 0 Å². The van der Waals surface area contributed by atoms with Crippen molar-refractivity contribution >= 4 is 17.0 Å². The zero-order chi connectivity index (χ0) is 18.9. The van der Waals surface area contributed by atoms with Crippen LogP contribution in [0.3, 0.4) is 0 Å². The van der Waals surface area contributed by atoms with Gasteiger partial charge in [0.2, 0.25) is 0 Å². The van der Waals surface area contributed by atoms with Crippen LogP contribution in [0, 0.1) is 0 Å². The molecule has 27 heavy (non-hydrogen) atoms. The Morgan fingerprint density at radius 1 is 1.15 bits per heavy atom. The highest BCUT2D eigenvalue weighted by atomic mass is 16.5. The number of aliphatic imine (C=N–C) groups is 1. The van der Waals surface area contributed by atoms with Crippen LogP contribution in [0.4, 0.5) is 0 Å². The van der Waals surface area contributed by atoms with Crippen LogP contribution in [0.1, 0.15) is 18.9 Å². The normalized spacial score (nSPS) is 11.6. The number of methoxy groups -OCH3 is 1. The van der Waals surface area contributed by atoms with E-state index in [4.69, 9.17) is 4.74 Å². The summed E-state index contributed by atoms with van der Waals surface area (Å²) in [4.78, 5) is 9.10. The van der Waals surface area contributed by atoms with Gasteiger partial charge in [0, 0.05) is 19.6 Å². The summed E-state index contributed by atoms with van der Waals surface area (Å²) in [6.45, 7) is 5.27. The first-order chi connectivity index (χ1) is 13.3. The molecule has 0 fully saturated rings. The lowest BCUT2D eigenvalue weighted by Crippen LogP contribution is -2.38. The lowest BCUT2D eigenvalue weighted by Gasteiger charge is -2.12. The van der Waals surface area contributed by atoms with E-state index in [0.29, 0.717) is 6.54 Å². The molecule has 2 N–H and O–H groups in total. The second-order valence-electron chi connectivity index (χ2n) is 6.25. The monoisotopic (exact) mass is 365 g/mol. The maximum atomic E-state index is 5.27. The third kappa shape index (κ3) is 5.23. The Hall–Kier alpha value is -3.02. The molecule has 0 unspecified atom stereocenters. The van der Waals surface area contributed by atoms with Crippen LogP contribution in [-0.4, -0.2) is 35.7 Å². The number of hydrogen-bond donors (Lipinski definition) is 2. The number of nitrogens with zero attached hydrogens (tertiary/aromatic N) is 3. The number of aromatic nitrogens is 2. The molecule has 6 nitrogen and oxygen atoms in total. The minimum Gasteiger partial charge on any atom is -0.497 e. The van der Waals surface area contributed by atoms with Crippen LogP contribution in [-0.2, 0) is 13.1 Å². The van der Waals surface area contributed by atoms with Gasteiger partial charge in [-0.15, -0.1) is 0 Å². The SMILES string of the molecule is CCNC(=NCc1cccc(OC)c1)NCCCn1cnc2ccccc21. The summed E-state index contributed by atoms with van der Waals surface area (Å²) in [5.74, 6) is 1.68. The fourth-order valence-corrected chi connectivity index (χ4v) is 2.93. The molecular weight excluding hydrogens is 338 g/mol. The van der Waals surface area contributed by atoms with Gasteiger partial charge >= 0.3 is 0 Å². The van der Waals surface area contributed by atoms with Gasteiger partial charge < -0.3 is 19.9 Å². The van der Waals surface area contributed by atoms with Crippen LogP contribution in [0.2, 0.25) is 0 Å². The molecule has 0 aliphatic carbocycles. The number of fused-ring (bicyclic) bond motifs is 1. The van der Waals surface area contributed by atoms with Gasteiger partial charge in [0.15, 0.2) is 5.96 Å². The molecule has 0 amide bonds. The van der Waals surface area contributed by atoms with Crippen molar-refractivity contribution in [2.75, 3.05) is 20.2 Å². The van der Waals surface area contributed by atoms with E-state index in [1.807, 2.05) is 42.7 Å². The Morgan fingerprint density at radius 3 is 2.89 bits per heavy atom. The molecule has 0 aliphatic heterocycles. The average Bonchev–Trinajstić information content (AvgIpc) is 3.12. The van der Waals surface area contributed by atoms with Crippen molar-refractivity contribution in [2.45, 2.75) is 26.4 Å². The molecule has 0 saturated heterocycles. The maximum absolute atomic E-state index is 5.27. The van der Waals surface area contributed by atoms with Gasteiger partial charge in [0.05, 0.1) is 31.0 Å². The minimum atomic E-state index is 0.610. The van der Waals surface area contributed by atoms with Crippen molar-refractivity contribution in [1.29, 1.82) is 0 Å². The van der Waals surface area contributed by atoms with Gasteiger partial charge in [0.1, 0.15) is 5.75 Å². The van der Waals surface area contributed by atoms with Crippen LogP contribution in [0.25, 0.3) is 11.0 Å². The van der Waals surface area contributed by atoms with E-state index in [-0.39, 0.29) is 0 Å². The van der Waals surface area contributed by atoms with Gasteiger partial charge in [-0.25, -0.2) is 9.98 Å². The van der Waals surface area contributed by atoms with E-state index >= 15 is 0 Å². The highest BCUT2D eigenvalue weighted by Crippen LogP contribution is 2.13. The summed E-state index contributed by atoms with van der Waals surface area (Å²) < 4.78 is 7.46. The summed E-state index contributed by atoms with van der Waals surface area (Å²) in [5.41, 5.74) is 3.34. The Morgan fingerprint density at radius 2 is 2.04 bits per heavy atom. The van der Waals surface area contributed by atoms with Crippen LogP contribution in [0.15, 0.2) is 59.9 Å². The van der Waals surface area contributed by atoms with Crippen molar-refractivity contribution in [2.24, 2.45) is 4.99 Å². The predicted octanol–water partition coefficient (Wildman–Crippen LogP) is 3.19. The zero-order valence-electron chi connectivity index (χ0n) is 16.0. The number of ether oxygens (including phenoxy) is 1. The Balaban J connectivity index is 1.51. The molecule has 0 saturated carbocycles. The van der Waals surface area contributed by atoms with Crippen molar-refractivity contribution in [3.8, 4) is 5.75 Å². The number of rotatable bonds is 8. The number of guanidine groups is 1. The van der Waals surface area contributed by atoms with Gasteiger partial charge in [-0.2, -0.15) is 0 Å². The quantitative estimate of drug-likeness (QED) is 0.366. The molecule has 0 spiro atoms. The molecule has 142 valence electrons. The van der Waals surface area contributed by atoms with Crippen LogP contribution < -0.4 is 15.4 Å². The molecule has 1 aromatic heterocycles. The van der Waals surface area contributed by atoms with E-state index < -0.39 is 0 Å². The molecule has 0 radical (unpaired) electrons. The molecule has 1 heterocycles. The smallest absolute Gasteiger partial charge is 0.191 e. The second-order valence-corrected chi connectivity index (χ2v) is 6.25. The molecule has 2 aromatic carbocycles. The third-order valence-electron chi connectivity index (χ3n) is 4.29. The number of para-hydroxylation sites is 2. The fourth-order valence-electron chi connectivity index (χ4n) is 2.93. The largest absolute Gasteiger partial charge is 0.497 e. The Bertz CT molecular complexity index is 887. The highest BCUT2D eigenvalue weighted by molar-refractivity contribution is 5.79. The van der Waals surface area contributed by atoms with Crippen molar-refractivity contribution in [3.05, 3.63) is 60.4 Å². The number of benzene rings is 2. The summed E-state index contributed by atoms with van der Waals surface area (Å²) in [5, 5.41) is 6.70. The lowest BCUT2D eigenvalue weighted by atomic mass is 10.2. The van der Waals surface area contributed by atoms with E-state index in [0.717, 1.165) is 48.8 Å². The molecule has 0 bridgehead atoms. The van der Waals surface area contributed by atoms with E-state index in [1.54, 1.807) is 7.11 Å². The van der Waals surface area contributed by atoms with Crippen LogP contribution >= 0.6 is 0 Å². The number of aryl methyl sites for hydroxylation is 1. The molecule has 3 rings (SSSR count). The lowest BCUT2D eigenvalue weighted by molar-refractivity contribution is 0.414. The number of imidazole rings is 1. The molecule has 0 atom stereocenters. The molecule has 6 heteroatoms. The first kappa shape index (κ1) is 18.8. The Kier molecular flexibility index (Phi) is 6.68. The fraction of sp³-hybridized carbons (Fsp3) is 0.333. The van der Waals surface area contributed by atoms with Crippen molar-refractivity contribution < 1.29 is 4.74 Å². The van der Waals surface area contributed by atoms with Gasteiger partial charge in [-0.3, -0.25) is 0 Å². The van der Waals surface area contributed by atoms with Gasteiger partial charge in [-0.1, -0.05) is 24.3 Å². The summed E-state index contributed by atoms with van der Waals surface area (Å²) >= 11 is 0. The van der Waals surface area contributed by atoms with E-state index in [9.17, 15) is 0 Å². The summed E-state index contributed by atoms with van der Waals surface area (Å²) in [7, 11) is 1.68. The van der Waals surface area contributed by atoms with Gasteiger partial charge in [-0.05, 0) is 43.2 Å². The second kappa shape index (κ2) is 9.62. The van der Waals surface area contributed by atoms with E-state index in [2.05, 4.69) is 44.2 Å². The topological polar surface area (TPSA) is 63.5 Å². The highest BCUT2D eigenvalue weighted by Gasteiger charge is 2.02. The number of hydrogen-bond acceptors (Lipinski definition) is 3. The predicted molar refractivity (Wildman–Crippen MR) is 110 cm³/mol. The first-order valence-electron chi connectivity index (χ1n) is 9.35. The van der Waals surface area contributed by atoms with Crippen molar-refractivity contribution in [1.82, 2.24) is 20.2 Å². The van der Waals surface area contributed by atoms with Gasteiger partial charge in [0.25, 0.3) is 0 Å². The molecule has 0 aliphatic rings. The van der Waals surface area contributed by atoms with E-state index in [1.165, 1.54) is 5.52 Å². The maximum Gasteiger partial charge on any atom is 0.191 e. The summed E-state index contributed by atoms with van der Waals surface area (Å²) in [6, 6.07) is 16.2. The molecule has 3 aromatic rings. The standard InChI is InChI=1S/C21H27N5O/c1-3-22-21(24-15-17-8-6-9-18(14-17)27-2)23-12-7-13-26-16-25-19-10-4-5-11-20(19)26/h4-6,8-11,14,16H,3,7,12-13,15H2,1-2H3,(H2,22,23,24). The number of nitrogens with one attached hydrogen (secondary N) is 2. The summed E-state index contributed by atoms with van der Waals surface area (Å²) in [6.07, 6.45) is 2.90.